The lowest BCUT2D eigenvalue weighted by Gasteiger charge is -2.15. The van der Waals surface area contributed by atoms with Crippen LogP contribution in [0.15, 0.2) is 76.3 Å². The van der Waals surface area contributed by atoms with Crippen LogP contribution in [0.1, 0.15) is 5.69 Å². The van der Waals surface area contributed by atoms with Crippen molar-refractivity contribution in [3.63, 3.8) is 0 Å². The van der Waals surface area contributed by atoms with Crippen LogP contribution in [0.4, 0.5) is 4.39 Å². The zero-order chi connectivity index (χ0) is 26.2. The zero-order valence-corrected chi connectivity index (χ0v) is 21.2. The SMILES string of the molecule is COc1cc(-c2cccc(F)c2)c(Cl)cc1-c1nnc(OC)c2cc(S(=O)(=O)Cc3ccon3)ccc12. The Morgan fingerprint density at radius 2 is 1.78 bits per heavy atom. The summed E-state index contributed by atoms with van der Waals surface area (Å²) in [6.07, 6.45) is 1.31. The molecule has 0 fully saturated rings. The number of ether oxygens (including phenoxy) is 2. The molecule has 37 heavy (non-hydrogen) atoms. The smallest absolute Gasteiger partial charge is 0.241 e. The number of hydrogen-bond acceptors (Lipinski definition) is 8. The Morgan fingerprint density at radius 3 is 2.49 bits per heavy atom. The molecule has 0 unspecified atom stereocenters. The van der Waals surface area contributed by atoms with E-state index in [9.17, 15) is 12.8 Å². The van der Waals surface area contributed by atoms with Crippen LogP contribution < -0.4 is 9.47 Å². The van der Waals surface area contributed by atoms with Gasteiger partial charge in [-0.05, 0) is 42.0 Å². The van der Waals surface area contributed by atoms with Crippen molar-refractivity contribution in [2.45, 2.75) is 10.6 Å². The lowest BCUT2D eigenvalue weighted by Crippen LogP contribution is -2.06. The third-order valence-corrected chi connectivity index (χ3v) is 7.74. The summed E-state index contributed by atoms with van der Waals surface area (Å²) in [6, 6.07) is 15.5. The first-order chi connectivity index (χ1) is 17.8. The molecule has 5 aromatic rings. The molecule has 0 aliphatic rings. The van der Waals surface area contributed by atoms with Crippen molar-refractivity contribution >= 4 is 32.2 Å². The summed E-state index contributed by atoms with van der Waals surface area (Å²) in [5.74, 6) is -0.142. The first-order valence-electron chi connectivity index (χ1n) is 10.9. The van der Waals surface area contributed by atoms with Crippen molar-refractivity contribution in [1.29, 1.82) is 0 Å². The fraction of sp³-hybridized carbons (Fsp3) is 0.115. The van der Waals surface area contributed by atoms with E-state index in [0.29, 0.717) is 49.6 Å². The number of halogens is 2. The standard InChI is InChI=1S/C26H19ClFN3O5S/c1-34-24-13-20(15-4-3-5-16(28)10-15)23(27)12-22(24)25-19-7-6-18(11-21(19)26(35-2)30-29-25)37(32,33)14-17-8-9-36-31-17/h3-13H,14H2,1-2H3. The number of aromatic nitrogens is 3. The van der Waals surface area contributed by atoms with E-state index >= 15 is 0 Å². The molecule has 0 amide bonds. The van der Waals surface area contributed by atoms with Crippen molar-refractivity contribution in [2.75, 3.05) is 14.2 Å². The van der Waals surface area contributed by atoms with E-state index in [2.05, 4.69) is 15.4 Å². The quantitative estimate of drug-likeness (QED) is 0.258. The van der Waals surface area contributed by atoms with Gasteiger partial charge in [0.25, 0.3) is 0 Å². The monoisotopic (exact) mass is 539 g/mol. The Labute approximate surface area is 216 Å². The minimum Gasteiger partial charge on any atom is -0.496 e. The Balaban J connectivity index is 1.66. The molecule has 0 saturated heterocycles. The molecule has 2 aromatic heterocycles. The van der Waals surface area contributed by atoms with E-state index < -0.39 is 15.7 Å². The minimum atomic E-state index is -3.74. The maximum Gasteiger partial charge on any atom is 0.241 e. The van der Waals surface area contributed by atoms with Crippen molar-refractivity contribution in [3.8, 4) is 34.0 Å². The van der Waals surface area contributed by atoms with Gasteiger partial charge in [-0.3, -0.25) is 0 Å². The minimum absolute atomic E-state index is 0.0618. The molecule has 0 spiro atoms. The van der Waals surface area contributed by atoms with Gasteiger partial charge in [0.15, 0.2) is 9.84 Å². The molecule has 0 saturated carbocycles. The molecule has 188 valence electrons. The predicted octanol–water partition coefficient (Wildman–Crippen LogP) is 5.74. The molecule has 5 rings (SSSR count). The lowest BCUT2D eigenvalue weighted by molar-refractivity contribution is 0.397. The summed E-state index contributed by atoms with van der Waals surface area (Å²) in [7, 11) is -0.822. The Morgan fingerprint density at radius 1 is 0.946 bits per heavy atom. The first kappa shape index (κ1) is 24.7. The van der Waals surface area contributed by atoms with Crippen molar-refractivity contribution in [3.05, 3.63) is 83.5 Å². The number of rotatable bonds is 7. The second-order valence-electron chi connectivity index (χ2n) is 8.06. The maximum absolute atomic E-state index is 13.8. The van der Waals surface area contributed by atoms with Gasteiger partial charge in [-0.25, -0.2) is 12.8 Å². The van der Waals surface area contributed by atoms with Gasteiger partial charge < -0.3 is 14.0 Å². The highest BCUT2D eigenvalue weighted by Gasteiger charge is 2.22. The van der Waals surface area contributed by atoms with Crippen molar-refractivity contribution < 1.29 is 26.8 Å². The van der Waals surface area contributed by atoms with Crippen LogP contribution in [0, 0.1) is 5.82 Å². The molecule has 11 heteroatoms. The predicted molar refractivity (Wildman–Crippen MR) is 136 cm³/mol. The largest absolute Gasteiger partial charge is 0.496 e. The molecule has 3 aromatic carbocycles. The summed E-state index contributed by atoms with van der Waals surface area (Å²) < 4.78 is 55.6. The van der Waals surface area contributed by atoms with Gasteiger partial charge >= 0.3 is 0 Å². The molecule has 0 atom stereocenters. The summed E-state index contributed by atoms with van der Waals surface area (Å²) in [6.45, 7) is 0. The second kappa shape index (κ2) is 9.79. The van der Waals surface area contributed by atoms with E-state index in [1.165, 1.54) is 50.8 Å². The highest BCUT2D eigenvalue weighted by molar-refractivity contribution is 7.90. The summed E-state index contributed by atoms with van der Waals surface area (Å²) in [4.78, 5) is 0.0618. The van der Waals surface area contributed by atoms with E-state index in [1.807, 2.05) is 0 Å². The van der Waals surface area contributed by atoms with Crippen LogP contribution >= 0.6 is 11.6 Å². The Kier molecular flexibility index (Phi) is 6.53. The second-order valence-corrected chi connectivity index (χ2v) is 10.5. The number of nitrogens with zero attached hydrogens (tertiary/aromatic N) is 3. The van der Waals surface area contributed by atoms with E-state index in [0.717, 1.165) is 0 Å². The topological polar surface area (TPSA) is 104 Å². The highest BCUT2D eigenvalue weighted by atomic mass is 35.5. The first-order valence-corrected chi connectivity index (χ1v) is 12.9. The van der Waals surface area contributed by atoms with E-state index in [-0.39, 0.29) is 16.5 Å². The van der Waals surface area contributed by atoms with E-state index in [4.69, 9.17) is 25.6 Å². The number of sulfone groups is 1. The van der Waals surface area contributed by atoms with Gasteiger partial charge in [0.05, 0.1) is 24.8 Å². The van der Waals surface area contributed by atoms with Crippen LogP contribution in [0.5, 0.6) is 11.6 Å². The molecule has 0 radical (unpaired) electrons. The zero-order valence-electron chi connectivity index (χ0n) is 19.6. The summed E-state index contributed by atoms with van der Waals surface area (Å²) in [5.41, 5.74) is 2.38. The molecule has 2 heterocycles. The van der Waals surface area contributed by atoms with Crippen molar-refractivity contribution in [2.24, 2.45) is 0 Å². The molecular weight excluding hydrogens is 521 g/mol. The molecular formula is C26H19ClFN3O5S. The number of fused-ring (bicyclic) bond motifs is 1. The fourth-order valence-corrected chi connectivity index (χ4v) is 5.58. The molecule has 0 bridgehead atoms. The summed E-state index contributed by atoms with van der Waals surface area (Å²) in [5, 5.41) is 13.5. The maximum atomic E-state index is 13.8. The van der Waals surface area contributed by atoms with Crippen LogP contribution in [0.25, 0.3) is 33.2 Å². The van der Waals surface area contributed by atoms with E-state index in [1.54, 1.807) is 30.3 Å². The number of benzene rings is 3. The lowest BCUT2D eigenvalue weighted by atomic mass is 9.99. The van der Waals surface area contributed by atoms with Gasteiger partial charge in [-0.15, -0.1) is 10.2 Å². The number of methoxy groups -OCH3 is 2. The van der Waals surface area contributed by atoms with Gasteiger partial charge in [0.1, 0.15) is 29.3 Å². The molecule has 0 aliphatic carbocycles. The average Bonchev–Trinajstić information content (AvgIpc) is 3.40. The highest BCUT2D eigenvalue weighted by Crippen LogP contribution is 2.42. The van der Waals surface area contributed by atoms with Gasteiger partial charge in [0.2, 0.25) is 5.88 Å². The molecule has 0 aliphatic heterocycles. The third-order valence-electron chi connectivity index (χ3n) is 5.78. The third kappa shape index (κ3) is 4.73. The average molecular weight is 540 g/mol. The number of hydrogen-bond donors (Lipinski definition) is 0. The fourth-order valence-electron chi connectivity index (χ4n) is 4.03. The molecule has 0 N–H and O–H groups in total. The van der Waals surface area contributed by atoms with Crippen LogP contribution in [0.3, 0.4) is 0 Å². The van der Waals surface area contributed by atoms with Crippen molar-refractivity contribution in [1.82, 2.24) is 15.4 Å². The van der Waals surface area contributed by atoms with Crippen LogP contribution in [-0.2, 0) is 15.6 Å². The Bertz CT molecular complexity index is 1730. The van der Waals surface area contributed by atoms with Gasteiger partial charge in [-0.1, -0.05) is 35.0 Å². The Hall–Kier alpha value is -4.02. The van der Waals surface area contributed by atoms with Gasteiger partial charge in [0, 0.05) is 33.0 Å². The molecule has 8 nitrogen and oxygen atoms in total. The van der Waals surface area contributed by atoms with Crippen LogP contribution in [0.2, 0.25) is 5.02 Å². The normalized spacial score (nSPS) is 11.6. The van der Waals surface area contributed by atoms with Gasteiger partial charge in [-0.2, -0.15) is 0 Å². The van der Waals surface area contributed by atoms with Crippen LogP contribution in [-0.4, -0.2) is 38.0 Å². The summed E-state index contributed by atoms with van der Waals surface area (Å²) >= 11 is 6.61.